The Hall–Kier alpha value is -1.57. The molecule has 0 radical (unpaired) electrons. The van der Waals surface area contributed by atoms with Crippen LogP contribution in [0.25, 0.3) is 0 Å². The molecule has 16 heavy (non-hydrogen) atoms. The number of hydrogen-bond acceptors (Lipinski definition) is 5. The number of nitrogens with zero attached hydrogens (tertiary/aromatic N) is 4. The van der Waals surface area contributed by atoms with E-state index in [1.807, 2.05) is 6.07 Å². The molecule has 0 N–H and O–H groups in total. The molecular weight excluding hydrogens is 252 g/mol. The van der Waals surface area contributed by atoms with E-state index in [9.17, 15) is 8.42 Å². The van der Waals surface area contributed by atoms with Crippen LogP contribution in [0.1, 0.15) is 17.7 Å². The first kappa shape index (κ1) is 12.5. The number of nitriles is 2. The quantitative estimate of drug-likeness (QED) is 0.750. The van der Waals surface area contributed by atoms with E-state index in [1.54, 1.807) is 6.07 Å². The van der Waals surface area contributed by atoms with E-state index >= 15 is 0 Å². The summed E-state index contributed by atoms with van der Waals surface area (Å²) in [5.41, 5.74) is 0.201. The molecule has 1 heterocycles. The second-order valence-electron chi connectivity index (χ2n) is 2.95. The van der Waals surface area contributed by atoms with Gasteiger partial charge in [-0.3, -0.25) is 4.68 Å². The molecule has 84 valence electrons. The Morgan fingerprint density at radius 2 is 2.12 bits per heavy atom. The average Bonchev–Trinajstić information content (AvgIpc) is 2.50. The summed E-state index contributed by atoms with van der Waals surface area (Å²) in [6.07, 6.45) is 0.0887. The molecule has 1 rings (SSSR count). The van der Waals surface area contributed by atoms with E-state index in [1.165, 1.54) is 6.92 Å². The summed E-state index contributed by atoms with van der Waals surface area (Å²) in [5.74, 6) is 0. The minimum atomic E-state index is -4.05. The zero-order valence-corrected chi connectivity index (χ0v) is 9.88. The largest absolute Gasteiger partial charge is 0.279 e. The van der Waals surface area contributed by atoms with E-state index in [-0.39, 0.29) is 29.2 Å². The van der Waals surface area contributed by atoms with Crippen LogP contribution >= 0.6 is 10.7 Å². The smallest absolute Gasteiger partial charge is 0.251 e. The maximum atomic E-state index is 11.3. The third-order valence-corrected chi connectivity index (χ3v) is 3.17. The van der Waals surface area contributed by atoms with Crippen molar-refractivity contribution in [2.75, 3.05) is 0 Å². The predicted octanol–water partition coefficient (Wildman–Crippen LogP) is 0.904. The zero-order chi connectivity index (χ0) is 12.3. The highest BCUT2D eigenvalue weighted by molar-refractivity contribution is 8.13. The van der Waals surface area contributed by atoms with Gasteiger partial charge < -0.3 is 0 Å². The third-order valence-electron chi connectivity index (χ3n) is 1.86. The van der Waals surface area contributed by atoms with Crippen LogP contribution in [-0.4, -0.2) is 18.2 Å². The first-order chi connectivity index (χ1) is 7.41. The molecule has 0 atom stereocenters. The summed E-state index contributed by atoms with van der Waals surface area (Å²) >= 11 is 0. The molecular formula is C8H7ClN4O2S. The molecule has 0 spiro atoms. The van der Waals surface area contributed by atoms with Gasteiger partial charge >= 0.3 is 0 Å². The summed E-state index contributed by atoms with van der Waals surface area (Å²) in [6.45, 7) is 1.59. The van der Waals surface area contributed by atoms with Crippen molar-refractivity contribution in [2.24, 2.45) is 0 Å². The molecule has 0 fully saturated rings. The van der Waals surface area contributed by atoms with Crippen molar-refractivity contribution in [1.29, 1.82) is 10.5 Å². The molecule has 0 aliphatic carbocycles. The van der Waals surface area contributed by atoms with Crippen molar-refractivity contribution < 1.29 is 8.42 Å². The van der Waals surface area contributed by atoms with Crippen LogP contribution in [0.3, 0.4) is 0 Å². The first-order valence-electron chi connectivity index (χ1n) is 4.21. The number of hydrogen-bond donors (Lipinski definition) is 0. The van der Waals surface area contributed by atoms with Crippen molar-refractivity contribution in [3.8, 4) is 12.1 Å². The number of rotatable bonds is 3. The summed E-state index contributed by atoms with van der Waals surface area (Å²) in [7, 11) is 1.17. The Morgan fingerprint density at radius 3 is 2.56 bits per heavy atom. The average molecular weight is 259 g/mol. The topological polar surface area (TPSA) is 99.5 Å². The van der Waals surface area contributed by atoms with E-state index in [0.29, 0.717) is 0 Å². The second kappa shape index (κ2) is 4.52. The lowest BCUT2D eigenvalue weighted by atomic mass is 10.3. The molecule has 0 aliphatic rings. The highest BCUT2D eigenvalue weighted by Crippen LogP contribution is 2.22. The Bertz CT molecular complexity index is 591. The van der Waals surface area contributed by atoms with Crippen LogP contribution in [0.15, 0.2) is 5.03 Å². The number of halogens is 1. The van der Waals surface area contributed by atoms with E-state index in [2.05, 4.69) is 5.10 Å². The number of aromatic nitrogens is 2. The monoisotopic (exact) mass is 258 g/mol. The van der Waals surface area contributed by atoms with Crippen LogP contribution in [-0.2, 0) is 15.6 Å². The van der Waals surface area contributed by atoms with Gasteiger partial charge in [0.1, 0.15) is 11.6 Å². The van der Waals surface area contributed by atoms with E-state index < -0.39 is 9.05 Å². The van der Waals surface area contributed by atoms with Crippen molar-refractivity contribution in [1.82, 2.24) is 9.78 Å². The predicted molar refractivity (Wildman–Crippen MR) is 54.9 cm³/mol. The van der Waals surface area contributed by atoms with Gasteiger partial charge in [0.2, 0.25) is 0 Å². The molecule has 0 saturated carbocycles. The van der Waals surface area contributed by atoms with Crippen LogP contribution in [0, 0.1) is 29.6 Å². The highest BCUT2D eigenvalue weighted by Gasteiger charge is 2.25. The van der Waals surface area contributed by atoms with Gasteiger partial charge in [0.25, 0.3) is 9.05 Å². The Morgan fingerprint density at radius 1 is 1.50 bits per heavy atom. The zero-order valence-electron chi connectivity index (χ0n) is 8.31. The molecule has 0 unspecified atom stereocenters. The van der Waals surface area contributed by atoms with Gasteiger partial charge in [-0.1, -0.05) is 0 Å². The molecule has 6 nitrogen and oxygen atoms in total. The summed E-state index contributed by atoms with van der Waals surface area (Å²) in [5, 5.41) is 20.7. The number of aryl methyl sites for hydroxylation is 2. The second-order valence-corrected chi connectivity index (χ2v) is 5.43. The lowest BCUT2D eigenvalue weighted by molar-refractivity contribution is 0.547. The van der Waals surface area contributed by atoms with Crippen LogP contribution < -0.4 is 0 Å². The normalized spacial score (nSPS) is 10.8. The Labute approximate surface area is 97.1 Å². The molecule has 8 heteroatoms. The van der Waals surface area contributed by atoms with Crippen LogP contribution in [0.2, 0.25) is 0 Å². The SMILES string of the molecule is Cc1nn(CCC#N)c(S(=O)(=O)Cl)c1C#N. The standard InChI is InChI=1S/C8H7ClN4O2S/c1-6-7(5-11)8(16(9,14)15)13(12-6)4-2-3-10/h2,4H2,1H3. The van der Waals surface area contributed by atoms with Crippen molar-refractivity contribution in [2.45, 2.75) is 24.9 Å². The van der Waals surface area contributed by atoms with Gasteiger partial charge in [-0.05, 0) is 6.92 Å². The maximum absolute atomic E-state index is 11.3. The van der Waals surface area contributed by atoms with Gasteiger partial charge in [0.15, 0.2) is 5.03 Å². The van der Waals surface area contributed by atoms with Gasteiger partial charge in [-0.15, -0.1) is 0 Å². The molecule has 0 saturated heterocycles. The maximum Gasteiger partial charge on any atom is 0.279 e. The van der Waals surface area contributed by atoms with Crippen molar-refractivity contribution in [3.63, 3.8) is 0 Å². The van der Waals surface area contributed by atoms with Gasteiger partial charge in [-0.2, -0.15) is 15.6 Å². The summed E-state index contributed by atoms with van der Waals surface area (Å²) < 4.78 is 23.6. The fraction of sp³-hybridized carbons (Fsp3) is 0.375. The molecule has 0 bridgehead atoms. The minimum Gasteiger partial charge on any atom is -0.251 e. The molecule has 0 amide bonds. The first-order valence-corrected chi connectivity index (χ1v) is 6.52. The van der Waals surface area contributed by atoms with Crippen LogP contribution in [0.5, 0.6) is 0 Å². The molecule has 0 aliphatic heterocycles. The van der Waals surface area contributed by atoms with E-state index in [4.69, 9.17) is 21.2 Å². The lowest BCUT2D eigenvalue weighted by Gasteiger charge is -2.01. The fourth-order valence-corrected chi connectivity index (χ4v) is 2.54. The van der Waals surface area contributed by atoms with Gasteiger partial charge in [0, 0.05) is 10.7 Å². The van der Waals surface area contributed by atoms with Crippen molar-refractivity contribution >= 4 is 19.7 Å². The highest BCUT2D eigenvalue weighted by atomic mass is 35.7. The van der Waals surface area contributed by atoms with Crippen LogP contribution in [0.4, 0.5) is 0 Å². The van der Waals surface area contributed by atoms with Gasteiger partial charge in [0.05, 0.1) is 24.7 Å². The fourth-order valence-electron chi connectivity index (χ4n) is 1.24. The Kier molecular flexibility index (Phi) is 3.53. The third kappa shape index (κ3) is 2.32. The Balaban J connectivity index is 3.43. The summed E-state index contributed by atoms with van der Waals surface area (Å²) in [4.78, 5) is 0. The summed E-state index contributed by atoms with van der Waals surface area (Å²) in [6, 6.07) is 3.60. The lowest BCUT2D eigenvalue weighted by Crippen LogP contribution is -2.07. The molecule has 1 aromatic heterocycles. The van der Waals surface area contributed by atoms with E-state index in [0.717, 1.165) is 4.68 Å². The molecule has 0 aromatic carbocycles. The molecule has 1 aromatic rings. The minimum absolute atomic E-state index is 0.0760. The van der Waals surface area contributed by atoms with Crippen molar-refractivity contribution in [3.05, 3.63) is 11.3 Å². The van der Waals surface area contributed by atoms with Gasteiger partial charge in [-0.25, -0.2) is 8.42 Å².